The number of hydrogen-bond acceptors (Lipinski definition) is 5. The second-order valence-corrected chi connectivity index (χ2v) is 5.81. The van der Waals surface area contributed by atoms with Crippen LogP contribution in [0, 0.1) is 0 Å². The van der Waals surface area contributed by atoms with Crippen molar-refractivity contribution in [2.75, 3.05) is 25.6 Å². The Morgan fingerprint density at radius 3 is 2.58 bits per heavy atom. The molecule has 0 radical (unpaired) electrons. The number of nitrogens with one attached hydrogen (secondary N) is 1. The zero-order chi connectivity index (χ0) is 19.1. The molecular weight excluding hydrogens is 381 g/mol. The predicted molar refractivity (Wildman–Crippen MR) is 99.5 cm³/mol. The van der Waals surface area contributed by atoms with E-state index < -0.39 is 18.5 Å². The molecule has 1 amide bonds. The molecule has 8 heteroatoms. The van der Waals surface area contributed by atoms with Crippen molar-refractivity contribution in [3.63, 3.8) is 0 Å². The van der Waals surface area contributed by atoms with Crippen LogP contribution in [0.2, 0.25) is 10.0 Å². The summed E-state index contributed by atoms with van der Waals surface area (Å²) in [6, 6.07) is 9.44. The molecule has 0 fully saturated rings. The Morgan fingerprint density at radius 2 is 1.88 bits per heavy atom. The lowest BCUT2D eigenvalue weighted by Crippen LogP contribution is -2.21. The SMILES string of the molecule is CCOc1cc(C(=O)OCC(=O)Nc2cccc(Cl)c2Cl)ccc1OC. The van der Waals surface area contributed by atoms with E-state index in [1.807, 2.05) is 6.92 Å². The fraction of sp³-hybridized carbons (Fsp3) is 0.222. The number of amides is 1. The fourth-order valence-electron chi connectivity index (χ4n) is 2.07. The number of carbonyl (C=O) groups excluding carboxylic acids is 2. The maximum atomic E-state index is 12.1. The van der Waals surface area contributed by atoms with Gasteiger partial charge >= 0.3 is 5.97 Å². The van der Waals surface area contributed by atoms with Crippen molar-refractivity contribution in [3.8, 4) is 11.5 Å². The van der Waals surface area contributed by atoms with Crippen LogP contribution in [-0.4, -0.2) is 32.2 Å². The quantitative estimate of drug-likeness (QED) is 0.708. The third-order valence-electron chi connectivity index (χ3n) is 3.26. The van der Waals surface area contributed by atoms with E-state index in [1.54, 1.807) is 24.3 Å². The Morgan fingerprint density at radius 1 is 1.12 bits per heavy atom. The van der Waals surface area contributed by atoms with Crippen molar-refractivity contribution in [2.24, 2.45) is 0 Å². The summed E-state index contributed by atoms with van der Waals surface area (Å²) < 4.78 is 15.6. The van der Waals surface area contributed by atoms with E-state index in [0.717, 1.165) is 0 Å². The molecule has 0 unspecified atom stereocenters. The molecule has 0 bridgehead atoms. The van der Waals surface area contributed by atoms with Gasteiger partial charge in [-0.15, -0.1) is 0 Å². The summed E-state index contributed by atoms with van der Waals surface area (Å²) in [7, 11) is 1.50. The normalized spacial score (nSPS) is 10.2. The number of ether oxygens (including phenoxy) is 3. The first-order valence-electron chi connectivity index (χ1n) is 7.68. The first-order valence-corrected chi connectivity index (χ1v) is 8.43. The van der Waals surface area contributed by atoms with E-state index in [1.165, 1.54) is 19.2 Å². The molecule has 0 aliphatic rings. The Kier molecular flexibility index (Phi) is 7.12. The van der Waals surface area contributed by atoms with E-state index >= 15 is 0 Å². The molecule has 0 saturated heterocycles. The summed E-state index contributed by atoms with van der Waals surface area (Å²) in [4.78, 5) is 24.1. The molecule has 2 aromatic carbocycles. The van der Waals surface area contributed by atoms with Crippen LogP contribution in [0.25, 0.3) is 0 Å². The van der Waals surface area contributed by atoms with E-state index in [0.29, 0.717) is 28.8 Å². The van der Waals surface area contributed by atoms with Crippen LogP contribution in [0.15, 0.2) is 36.4 Å². The van der Waals surface area contributed by atoms with Gasteiger partial charge in [0.05, 0.1) is 35.0 Å². The highest BCUT2D eigenvalue weighted by atomic mass is 35.5. The largest absolute Gasteiger partial charge is 0.493 e. The van der Waals surface area contributed by atoms with Crippen LogP contribution < -0.4 is 14.8 Å². The van der Waals surface area contributed by atoms with Gasteiger partial charge in [-0.05, 0) is 37.3 Å². The molecule has 2 rings (SSSR count). The maximum Gasteiger partial charge on any atom is 0.338 e. The van der Waals surface area contributed by atoms with Crippen molar-refractivity contribution >= 4 is 40.8 Å². The number of methoxy groups -OCH3 is 1. The van der Waals surface area contributed by atoms with Crippen molar-refractivity contribution in [1.82, 2.24) is 0 Å². The molecule has 138 valence electrons. The number of carbonyl (C=O) groups is 2. The lowest BCUT2D eigenvalue weighted by molar-refractivity contribution is -0.119. The number of esters is 1. The Bertz CT molecular complexity index is 810. The second-order valence-electron chi connectivity index (χ2n) is 5.02. The molecule has 0 aliphatic carbocycles. The molecule has 6 nitrogen and oxygen atoms in total. The van der Waals surface area contributed by atoms with Gasteiger partial charge < -0.3 is 19.5 Å². The average molecular weight is 398 g/mol. The molecule has 0 heterocycles. The number of halogens is 2. The average Bonchev–Trinajstić information content (AvgIpc) is 2.63. The summed E-state index contributed by atoms with van der Waals surface area (Å²) in [5, 5.41) is 3.05. The number of hydrogen-bond donors (Lipinski definition) is 1. The molecule has 1 N–H and O–H groups in total. The van der Waals surface area contributed by atoms with Gasteiger partial charge in [0.1, 0.15) is 0 Å². The molecule has 0 saturated carbocycles. The molecule has 0 atom stereocenters. The third-order valence-corrected chi connectivity index (χ3v) is 4.08. The van der Waals surface area contributed by atoms with Crippen molar-refractivity contribution in [2.45, 2.75) is 6.92 Å². The second kappa shape index (κ2) is 9.31. The van der Waals surface area contributed by atoms with Crippen LogP contribution >= 0.6 is 23.2 Å². The summed E-state index contributed by atoms with van der Waals surface area (Å²) in [6.07, 6.45) is 0. The van der Waals surface area contributed by atoms with Crippen molar-refractivity contribution in [1.29, 1.82) is 0 Å². The molecule has 0 aliphatic heterocycles. The van der Waals surface area contributed by atoms with Crippen LogP contribution in [-0.2, 0) is 9.53 Å². The van der Waals surface area contributed by atoms with Gasteiger partial charge in [0.15, 0.2) is 18.1 Å². The van der Waals surface area contributed by atoms with E-state index in [2.05, 4.69) is 5.32 Å². The number of rotatable bonds is 7. The van der Waals surface area contributed by atoms with Gasteiger partial charge in [-0.1, -0.05) is 29.3 Å². The monoisotopic (exact) mass is 397 g/mol. The van der Waals surface area contributed by atoms with Crippen molar-refractivity contribution < 1.29 is 23.8 Å². The van der Waals surface area contributed by atoms with Crippen molar-refractivity contribution in [3.05, 3.63) is 52.0 Å². The Balaban J connectivity index is 1.98. The van der Waals surface area contributed by atoms with Gasteiger partial charge in [0.25, 0.3) is 5.91 Å². The first-order chi connectivity index (χ1) is 12.5. The summed E-state index contributed by atoms with van der Waals surface area (Å²) in [5.74, 6) is -0.293. The molecule has 26 heavy (non-hydrogen) atoms. The minimum absolute atomic E-state index is 0.213. The zero-order valence-corrected chi connectivity index (χ0v) is 15.7. The minimum atomic E-state index is -0.666. The summed E-state index contributed by atoms with van der Waals surface area (Å²) in [6.45, 7) is 1.76. The molecule has 2 aromatic rings. The Labute approximate surface area is 160 Å². The van der Waals surface area contributed by atoms with Crippen LogP contribution in [0.3, 0.4) is 0 Å². The lowest BCUT2D eigenvalue weighted by atomic mass is 10.2. The van der Waals surface area contributed by atoms with E-state index in [4.69, 9.17) is 37.4 Å². The third kappa shape index (κ3) is 5.03. The lowest BCUT2D eigenvalue weighted by Gasteiger charge is -2.11. The highest BCUT2D eigenvalue weighted by molar-refractivity contribution is 6.44. The minimum Gasteiger partial charge on any atom is -0.493 e. The Hall–Kier alpha value is -2.44. The summed E-state index contributed by atoms with van der Waals surface area (Å²) >= 11 is 11.9. The maximum absolute atomic E-state index is 12.1. The molecule has 0 spiro atoms. The first kappa shape index (κ1) is 19.9. The topological polar surface area (TPSA) is 73.9 Å². The van der Waals surface area contributed by atoms with Crippen LogP contribution in [0.1, 0.15) is 17.3 Å². The van der Waals surface area contributed by atoms with E-state index in [9.17, 15) is 9.59 Å². The van der Waals surface area contributed by atoms with Gasteiger partial charge in [-0.2, -0.15) is 0 Å². The highest BCUT2D eigenvalue weighted by Crippen LogP contribution is 2.30. The number of benzene rings is 2. The van der Waals surface area contributed by atoms with Gasteiger partial charge in [-0.3, -0.25) is 4.79 Å². The highest BCUT2D eigenvalue weighted by Gasteiger charge is 2.15. The molecular formula is C18H17Cl2NO5. The number of anilines is 1. The van der Waals surface area contributed by atoms with Crippen LogP contribution in [0.5, 0.6) is 11.5 Å². The molecule has 0 aromatic heterocycles. The van der Waals surface area contributed by atoms with Gasteiger partial charge in [0, 0.05) is 0 Å². The van der Waals surface area contributed by atoms with Crippen LogP contribution in [0.4, 0.5) is 5.69 Å². The smallest absolute Gasteiger partial charge is 0.338 e. The van der Waals surface area contributed by atoms with Gasteiger partial charge in [0.2, 0.25) is 0 Å². The zero-order valence-electron chi connectivity index (χ0n) is 14.2. The fourth-order valence-corrected chi connectivity index (χ4v) is 2.42. The van der Waals surface area contributed by atoms with E-state index in [-0.39, 0.29) is 10.6 Å². The summed E-state index contributed by atoms with van der Waals surface area (Å²) in [5.41, 5.74) is 0.575. The predicted octanol–water partition coefficient (Wildman–Crippen LogP) is 4.20. The van der Waals surface area contributed by atoms with Gasteiger partial charge in [-0.25, -0.2) is 4.79 Å². The standard InChI is InChI=1S/C18H17Cl2NO5/c1-3-25-15-9-11(7-8-14(15)24-2)18(23)26-10-16(22)21-13-6-4-5-12(19)17(13)20/h4-9H,3,10H2,1-2H3,(H,21,22).